The van der Waals surface area contributed by atoms with E-state index in [1.807, 2.05) is 36.5 Å². The number of aryl methyl sites for hydroxylation is 1. The quantitative estimate of drug-likeness (QED) is 0.728. The van der Waals surface area contributed by atoms with E-state index >= 15 is 0 Å². The maximum Gasteiger partial charge on any atom is 0.303 e. The molecule has 22 heavy (non-hydrogen) atoms. The smallest absolute Gasteiger partial charge is 0.303 e. The SMILES string of the molecule is O=C(O)CCCNC(=O)CCc1cnn(-c2ccccc2)c1. The molecule has 6 heteroatoms. The van der Waals surface area contributed by atoms with Crippen molar-refractivity contribution in [2.45, 2.75) is 25.7 Å². The topological polar surface area (TPSA) is 84.2 Å². The highest BCUT2D eigenvalue weighted by Gasteiger charge is 2.05. The highest BCUT2D eigenvalue weighted by Crippen LogP contribution is 2.09. The van der Waals surface area contributed by atoms with Gasteiger partial charge in [0.2, 0.25) is 5.91 Å². The molecule has 0 atom stereocenters. The fourth-order valence-corrected chi connectivity index (χ4v) is 2.02. The van der Waals surface area contributed by atoms with Crippen molar-refractivity contribution in [2.75, 3.05) is 6.54 Å². The zero-order chi connectivity index (χ0) is 15.8. The van der Waals surface area contributed by atoms with E-state index in [1.165, 1.54) is 0 Å². The number of rotatable bonds is 8. The van der Waals surface area contributed by atoms with Crippen LogP contribution in [0.15, 0.2) is 42.7 Å². The number of nitrogens with one attached hydrogen (secondary N) is 1. The molecule has 1 aromatic carbocycles. The zero-order valence-corrected chi connectivity index (χ0v) is 12.2. The van der Waals surface area contributed by atoms with Crippen LogP contribution in [-0.4, -0.2) is 33.3 Å². The van der Waals surface area contributed by atoms with Crippen molar-refractivity contribution < 1.29 is 14.7 Å². The Hall–Kier alpha value is -2.63. The summed E-state index contributed by atoms with van der Waals surface area (Å²) in [5.74, 6) is -0.916. The van der Waals surface area contributed by atoms with Gasteiger partial charge >= 0.3 is 5.97 Å². The van der Waals surface area contributed by atoms with Crippen molar-refractivity contribution in [3.63, 3.8) is 0 Å². The Labute approximate surface area is 128 Å². The zero-order valence-electron chi connectivity index (χ0n) is 12.2. The summed E-state index contributed by atoms with van der Waals surface area (Å²) in [5.41, 5.74) is 1.97. The van der Waals surface area contributed by atoms with Gasteiger partial charge in [-0.15, -0.1) is 0 Å². The fourth-order valence-electron chi connectivity index (χ4n) is 2.02. The van der Waals surface area contributed by atoms with Gasteiger partial charge in [0, 0.05) is 25.6 Å². The first kappa shape index (κ1) is 15.8. The van der Waals surface area contributed by atoms with Crippen molar-refractivity contribution in [3.8, 4) is 5.69 Å². The molecule has 0 saturated carbocycles. The molecule has 0 bridgehead atoms. The maximum atomic E-state index is 11.7. The van der Waals surface area contributed by atoms with Gasteiger partial charge in [-0.25, -0.2) is 4.68 Å². The highest BCUT2D eigenvalue weighted by atomic mass is 16.4. The molecule has 2 N–H and O–H groups in total. The Morgan fingerprint density at radius 2 is 1.95 bits per heavy atom. The number of benzene rings is 1. The first-order valence-corrected chi connectivity index (χ1v) is 7.22. The molecule has 2 aromatic rings. The van der Waals surface area contributed by atoms with Gasteiger partial charge in [0.1, 0.15) is 0 Å². The number of hydrogen-bond donors (Lipinski definition) is 2. The second-order valence-corrected chi connectivity index (χ2v) is 4.98. The molecule has 0 unspecified atom stereocenters. The first-order valence-electron chi connectivity index (χ1n) is 7.22. The summed E-state index contributed by atoms with van der Waals surface area (Å²) in [6.45, 7) is 0.397. The largest absolute Gasteiger partial charge is 0.481 e. The van der Waals surface area contributed by atoms with Gasteiger partial charge < -0.3 is 10.4 Å². The van der Waals surface area contributed by atoms with Crippen LogP contribution in [0, 0.1) is 0 Å². The van der Waals surface area contributed by atoms with Crippen LogP contribution in [0.4, 0.5) is 0 Å². The number of aliphatic carboxylic acids is 1. The van der Waals surface area contributed by atoms with E-state index < -0.39 is 5.97 Å². The Morgan fingerprint density at radius 3 is 2.68 bits per heavy atom. The van der Waals surface area contributed by atoms with E-state index in [0.717, 1.165) is 11.3 Å². The molecule has 0 fully saturated rings. The van der Waals surface area contributed by atoms with Crippen LogP contribution in [0.5, 0.6) is 0 Å². The third-order valence-corrected chi connectivity index (χ3v) is 3.19. The van der Waals surface area contributed by atoms with Crippen LogP contribution < -0.4 is 5.32 Å². The minimum Gasteiger partial charge on any atom is -0.481 e. The number of hydrogen-bond acceptors (Lipinski definition) is 3. The van der Waals surface area contributed by atoms with Gasteiger partial charge in [0.15, 0.2) is 0 Å². The van der Waals surface area contributed by atoms with E-state index in [0.29, 0.717) is 25.8 Å². The van der Waals surface area contributed by atoms with Crippen LogP contribution in [0.2, 0.25) is 0 Å². The highest BCUT2D eigenvalue weighted by molar-refractivity contribution is 5.76. The van der Waals surface area contributed by atoms with Crippen LogP contribution in [0.3, 0.4) is 0 Å². The third kappa shape index (κ3) is 5.05. The number of carbonyl (C=O) groups is 2. The second kappa shape index (κ2) is 7.97. The van der Waals surface area contributed by atoms with Crippen molar-refractivity contribution in [3.05, 3.63) is 48.3 Å². The van der Waals surface area contributed by atoms with E-state index in [2.05, 4.69) is 10.4 Å². The van der Waals surface area contributed by atoms with E-state index in [1.54, 1.807) is 10.9 Å². The van der Waals surface area contributed by atoms with Gasteiger partial charge in [0.25, 0.3) is 0 Å². The number of para-hydroxylation sites is 1. The molecule has 0 aliphatic carbocycles. The lowest BCUT2D eigenvalue weighted by atomic mass is 10.2. The van der Waals surface area contributed by atoms with Crippen LogP contribution in [-0.2, 0) is 16.0 Å². The van der Waals surface area contributed by atoms with Gasteiger partial charge in [-0.05, 0) is 30.5 Å². The molecule has 0 aliphatic rings. The number of carboxylic acids is 1. The number of carbonyl (C=O) groups excluding carboxylic acids is 1. The van der Waals surface area contributed by atoms with Crippen LogP contribution in [0.25, 0.3) is 5.69 Å². The summed E-state index contributed by atoms with van der Waals surface area (Å²) >= 11 is 0. The fraction of sp³-hybridized carbons (Fsp3) is 0.312. The predicted octanol–water partition coefficient (Wildman–Crippen LogP) is 1.79. The van der Waals surface area contributed by atoms with Gasteiger partial charge in [-0.3, -0.25) is 9.59 Å². The maximum absolute atomic E-state index is 11.7. The van der Waals surface area contributed by atoms with Crippen molar-refractivity contribution in [2.24, 2.45) is 0 Å². The Balaban J connectivity index is 1.74. The van der Waals surface area contributed by atoms with Crippen molar-refractivity contribution in [1.29, 1.82) is 0 Å². The summed E-state index contributed by atoms with van der Waals surface area (Å²) in [4.78, 5) is 22.0. The normalized spacial score (nSPS) is 10.4. The number of nitrogens with zero attached hydrogens (tertiary/aromatic N) is 2. The van der Waals surface area contributed by atoms with Crippen molar-refractivity contribution in [1.82, 2.24) is 15.1 Å². The minimum atomic E-state index is -0.845. The third-order valence-electron chi connectivity index (χ3n) is 3.19. The Morgan fingerprint density at radius 1 is 1.18 bits per heavy atom. The lowest BCUT2D eigenvalue weighted by molar-refractivity contribution is -0.137. The molecular formula is C16H19N3O3. The lowest BCUT2D eigenvalue weighted by Gasteiger charge is -2.03. The molecule has 116 valence electrons. The Kier molecular flexibility index (Phi) is 5.71. The molecule has 1 aromatic heterocycles. The summed E-state index contributed by atoms with van der Waals surface area (Å²) in [6, 6.07) is 9.77. The molecule has 1 amide bonds. The predicted molar refractivity (Wildman–Crippen MR) is 81.8 cm³/mol. The second-order valence-electron chi connectivity index (χ2n) is 4.98. The number of aromatic nitrogens is 2. The average molecular weight is 301 g/mol. The molecule has 2 rings (SSSR count). The minimum absolute atomic E-state index is 0.0714. The Bertz CT molecular complexity index is 623. The molecule has 0 aliphatic heterocycles. The molecule has 1 heterocycles. The molecule has 0 spiro atoms. The van der Waals surface area contributed by atoms with E-state index in [-0.39, 0.29) is 12.3 Å². The van der Waals surface area contributed by atoms with Crippen LogP contribution in [0.1, 0.15) is 24.8 Å². The number of carboxylic acid groups (broad SMARTS) is 1. The summed E-state index contributed by atoms with van der Waals surface area (Å²) in [7, 11) is 0. The monoisotopic (exact) mass is 301 g/mol. The average Bonchev–Trinajstić information content (AvgIpc) is 2.99. The van der Waals surface area contributed by atoms with Gasteiger partial charge in [-0.1, -0.05) is 18.2 Å². The van der Waals surface area contributed by atoms with Gasteiger partial charge in [0.05, 0.1) is 11.9 Å². The lowest BCUT2D eigenvalue weighted by Crippen LogP contribution is -2.25. The summed E-state index contributed by atoms with van der Waals surface area (Å²) < 4.78 is 1.78. The first-order chi connectivity index (χ1) is 10.6. The van der Waals surface area contributed by atoms with Crippen molar-refractivity contribution >= 4 is 11.9 Å². The summed E-state index contributed by atoms with van der Waals surface area (Å²) in [5, 5.41) is 15.5. The molecule has 6 nitrogen and oxygen atoms in total. The standard InChI is InChI=1S/C16H19N3O3/c20-15(17-10-4-7-16(21)22)9-8-13-11-18-19(12-13)14-5-2-1-3-6-14/h1-3,5-6,11-12H,4,7-10H2,(H,17,20)(H,21,22). The van der Waals surface area contributed by atoms with Crippen LogP contribution >= 0.6 is 0 Å². The van der Waals surface area contributed by atoms with E-state index in [9.17, 15) is 9.59 Å². The van der Waals surface area contributed by atoms with Gasteiger partial charge in [-0.2, -0.15) is 5.10 Å². The molecule has 0 radical (unpaired) electrons. The molecule has 0 saturated heterocycles. The molecular weight excluding hydrogens is 282 g/mol. The summed E-state index contributed by atoms with van der Waals surface area (Å²) in [6.07, 6.45) is 5.17. The van der Waals surface area contributed by atoms with E-state index in [4.69, 9.17) is 5.11 Å². The number of amides is 1.